The number of halogens is 2. The highest BCUT2D eigenvalue weighted by atomic mass is 35.5. The van der Waals surface area contributed by atoms with Crippen molar-refractivity contribution in [3.63, 3.8) is 0 Å². The first kappa shape index (κ1) is 17.6. The molecule has 2 atom stereocenters. The van der Waals surface area contributed by atoms with E-state index in [1.807, 2.05) is 47.8 Å². The minimum atomic E-state index is -0.543. The zero-order chi connectivity index (χ0) is 17.0. The fourth-order valence-electron chi connectivity index (χ4n) is 2.65. The Morgan fingerprint density at radius 2 is 1.71 bits per heavy atom. The van der Waals surface area contributed by atoms with E-state index < -0.39 is 10.4 Å². The molecule has 0 saturated heterocycles. The molecule has 1 saturated carbocycles. The van der Waals surface area contributed by atoms with Gasteiger partial charge in [-0.2, -0.15) is 0 Å². The molecule has 0 heterocycles. The molecule has 2 aromatic carbocycles. The van der Waals surface area contributed by atoms with E-state index in [1.54, 1.807) is 0 Å². The second kappa shape index (κ2) is 7.75. The smallest absolute Gasteiger partial charge is 0.137 e. The number of nitrogens with two attached hydrogens (primary N) is 1. The van der Waals surface area contributed by atoms with Crippen LogP contribution in [0.3, 0.4) is 0 Å². The van der Waals surface area contributed by atoms with E-state index in [-0.39, 0.29) is 6.61 Å². The van der Waals surface area contributed by atoms with Crippen LogP contribution in [0.25, 0.3) is 11.1 Å². The van der Waals surface area contributed by atoms with Crippen LogP contribution in [0.5, 0.6) is 5.75 Å². The van der Waals surface area contributed by atoms with Crippen LogP contribution < -0.4 is 10.1 Å². The predicted molar refractivity (Wildman–Crippen MR) is 97.6 cm³/mol. The van der Waals surface area contributed by atoms with Gasteiger partial charge in [0.1, 0.15) is 29.3 Å². The van der Waals surface area contributed by atoms with Crippen LogP contribution in [0.15, 0.2) is 54.6 Å². The summed E-state index contributed by atoms with van der Waals surface area (Å²) in [6.07, 6.45) is 0.324. The Balaban J connectivity index is 1.40. The molecule has 1 fully saturated rings. The van der Waals surface area contributed by atoms with Crippen LogP contribution in [-0.4, -0.2) is 35.2 Å². The maximum atomic E-state index is 9.98. The predicted octanol–water partition coefficient (Wildman–Crippen LogP) is 2.85. The fourth-order valence-corrected chi connectivity index (χ4v) is 3.20. The Kier molecular flexibility index (Phi) is 5.67. The maximum absolute atomic E-state index is 9.98. The van der Waals surface area contributed by atoms with Crippen molar-refractivity contribution in [3.05, 3.63) is 54.6 Å². The molecule has 128 valence electrons. The zero-order valence-corrected chi connectivity index (χ0v) is 14.9. The lowest BCUT2D eigenvalue weighted by molar-refractivity contribution is -0.663. The van der Waals surface area contributed by atoms with Crippen molar-refractivity contribution in [2.75, 3.05) is 19.7 Å². The number of ether oxygens (including phenoxy) is 1. The van der Waals surface area contributed by atoms with Gasteiger partial charge in [0, 0.05) is 5.92 Å². The minimum absolute atomic E-state index is 0.277. The van der Waals surface area contributed by atoms with Crippen molar-refractivity contribution in [2.45, 2.75) is 16.9 Å². The van der Waals surface area contributed by atoms with Crippen LogP contribution in [0.1, 0.15) is 6.42 Å². The second-order valence-corrected chi connectivity index (χ2v) is 7.82. The lowest BCUT2D eigenvalue weighted by Crippen LogP contribution is -2.87. The number of hydrogen-bond donors (Lipinski definition) is 2. The Bertz CT molecular complexity index is 646. The number of aliphatic hydroxyl groups excluding tert-OH is 1. The molecule has 5 heteroatoms. The molecule has 0 unspecified atom stereocenters. The first-order valence-electron chi connectivity index (χ1n) is 8.20. The van der Waals surface area contributed by atoms with Gasteiger partial charge in [-0.05, 0) is 29.7 Å². The van der Waals surface area contributed by atoms with E-state index in [1.165, 1.54) is 5.56 Å². The van der Waals surface area contributed by atoms with Gasteiger partial charge in [0.15, 0.2) is 0 Å². The van der Waals surface area contributed by atoms with Gasteiger partial charge in [-0.1, -0.05) is 42.5 Å². The molecule has 3 rings (SSSR count). The minimum Gasteiger partial charge on any atom is -0.491 e. The van der Waals surface area contributed by atoms with Crippen molar-refractivity contribution >= 4 is 23.2 Å². The summed E-state index contributed by atoms with van der Waals surface area (Å²) in [5, 5.41) is 12.0. The van der Waals surface area contributed by atoms with E-state index in [0.717, 1.165) is 24.3 Å². The number of rotatable bonds is 8. The highest BCUT2D eigenvalue weighted by Gasteiger charge is 2.52. The van der Waals surface area contributed by atoms with Crippen LogP contribution in [0.2, 0.25) is 0 Å². The molecule has 2 aromatic rings. The molecule has 0 aromatic heterocycles. The third kappa shape index (κ3) is 4.87. The molecule has 0 aliphatic heterocycles. The zero-order valence-electron chi connectivity index (χ0n) is 13.4. The monoisotopic (exact) mass is 366 g/mol. The first-order valence-corrected chi connectivity index (χ1v) is 8.96. The summed E-state index contributed by atoms with van der Waals surface area (Å²) < 4.78 is 5.11. The van der Waals surface area contributed by atoms with Crippen LogP contribution >= 0.6 is 23.2 Å². The van der Waals surface area contributed by atoms with Gasteiger partial charge < -0.3 is 15.2 Å². The van der Waals surface area contributed by atoms with E-state index in [4.69, 9.17) is 27.9 Å². The van der Waals surface area contributed by atoms with E-state index in [9.17, 15) is 5.11 Å². The molecule has 0 amide bonds. The van der Waals surface area contributed by atoms with Gasteiger partial charge in [-0.3, -0.25) is 0 Å². The molecule has 24 heavy (non-hydrogen) atoms. The Morgan fingerprint density at radius 1 is 1.08 bits per heavy atom. The SMILES string of the molecule is O[C@@H](C[NH2+]C[C@H]1CC1(Cl)Cl)COc1ccc(-c2ccccc2)cc1. The molecule has 0 radical (unpaired) electrons. The molecule has 3 nitrogen and oxygen atoms in total. The molecule has 1 aliphatic rings. The standard InChI is InChI=1S/C19H21Cl2NO2/c20-19(21)10-16(19)11-22-12-17(23)13-24-18-8-6-15(7-9-18)14-4-2-1-3-5-14/h1-9,16-17,22-23H,10-13H2/p+1/t16-,17+/m1/s1. The fraction of sp³-hybridized carbons (Fsp3) is 0.368. The number of benzene rings is 2. The van der Waals surface area contributed by atoms with Crippen molar-refractivity contribution in [1.29, 1.82) is 0 Å². The van der Waals surface area contributed by atoms with E-state index >= 15 is 0 Å². The molecule has 0 bridgehead atoms. The van der Waals surface area contributed by atoms with Crippen molar-refractivity contribution < 1.29 is 15.2 Å². The van der Waals surface area contributed by atoms with E-state index in [0.29, 0.717) is 12.5 Å². The topological polar surface area (TPSA) is 46.1 Å². The van der Waals surface area contributed by atoms with Crippen molar-refractivity contribution in [3.8, 4) is 16.9 Å². The Labute approximate surface area is 152 Å². The molecular weight excluding hydrogens is 345 g/mol. The quantitative estimate of drug-likeness (QED) is 0.705. The highest BCUT2D eigenvalue weighted by Crippen LogP contribution is 2.52. The average molecular weight is 367 g/mol. The third-order valence-electron chi connectivity index (χ3n) is 4.25. The summed E-state index contributed by atoms with van der Waals surface area (Å²) in [5.74, 6) is 1.09. The highest BCUT2D eigenvalue weighted by molar-refractivity contribution is 6.50. The normalized spacial score (nSPS) is 19.7. The Morgan fingerprint density at radius 3 is 2.33 bits per heavy atom. The lowest BCUT2D eigenvalue weighted by Gasteiger charge is -2.12. The van der Waals surface area contributed by atoms with Crippen LogP contribution in [0.4, 0.5) is 0 Å². The summed E-state index contributed by atoms with van der Waals surface area (Å²) in [7, 11) is 0. The maximum Gasteiger partial charge on any atom is 0.137 e. The summed E-state index contributed by atoms with van der Waals surface area (Å²) in [6, 6.07) is 18.1. The van der Waals surface area contributed by atoms with Gasteiger partial charge in [0.2, 0.25) is 0 Å². The average Bonchev–Trinajstić information content (AvgIpc) is 3.21. The molecule has 1 aliphatic carbocycles. The summed E-state index contributed by atoms with van der Waals surface area (Å²) in [6.45, 7) is 1.71. The molecule has 0 spiro atoms. The largest absolute Gasteiger partial charge is 0.491 e. The summed E-state index contributed by atoms with van der Waals surface area (Å²) in [4.78, 5) is 0. The van der Waals surface area contributed by atoms with Crippen molar-refractivity contribution in [1.82, 2.24) is 0 Å². The van der Waals surface area contributed by atoms with Gasteiger partial charge in [-0.15, -0.1) is 23.2 Å². The van der Waals surface area contributed by atoms with Gasteiger partial charge >= 0.3 is 0 Å². The number of aliphatic hydroxyl groups is 1. The van der Waals surface area contributed by atoms with Gasteiger partial charge in [0.05, 0.1) is 6.54 Å². The second-order valence-electron chi connectivity index (χ2n) is 6.28. The summed E-state index contributed by atoms with van der Waals surface area (Å²) >= 11 is 12.0. The first-order chi connectivity index (χ1) is 11.5. The van der Waals surface area contributed by atoms with Gasteiger partial charge in [0.25, 0.3) is 0 Å². The third-order valence-corrected chi connectivity index (χ3v) is 5.18. The van der Waals surface area contributed by atoms with Gasteiger partial charge in [-0.25, -0.2) is 0 Å². The lowest BCUT2D eigenvalue weighted by atomic mass is 10.1. The van der Waals surface area contributed by atoms with E-state index in [2.05, 4.69) is 12.1 Å². The van der Waals surface area contributed by atoms with Crippen molar-refractivity contribution in [2.24, 2.45) is 5.92 Å². The Hall–Kier alpha value is -1.26. The van der Waals surface area contributed by atoms with Crippen LogP contribution in [-0.2, 0) is 0 Å². The number of hydrogen-bond acceptors (Lipinski definition) is 2. The molecule has 3 N–H and O–H groups in total. The van der Waals surface area contributed by atoms with Crippen LogP contribution in [0, 0.1) is 5.92 Å². The number of quaternary nitrogens is 1. The molecular formula is C19H22Cl2NO2+. The number of alkyl halides is 2. The summed E-state index contributed by atoms with van der Waals surface area (Å²) in [5.41, 5.74) is 2.32.